The first kappa shape index (κ1) is 6.78. The van der Waals surface area contributed by atoms with E-state index in [1.807, 2.05) is 6.92 Å². The number of halogens is 1. The highest BCUT2D eigenvalue weighted by atomic mass is 35.5. The number of hydrogen-bond donors (Lipinski definition) is 1. The van der Waals surface area contributed by atoms with Crippen LogP contribution in [-0.2, 0) is 0 Å². The summed E-state index contributed by atoms with van der Waals surface area (Å²) in [5.74, 6) is 0. The van der Waals surface area contributed by atoms with Gasteiger partial charge in [0.05, 0.1) is 12.1 Å². The quantitative estimate of drug-likeness (QED) is 0.539. The predicted molar refractivity (Wildman–Crippen MR) is 39.9 cm³/mol. The maximum atomic E-state index is 5.71. The number of aliphatic imine (C=N–C) groups is 1. The molecule has 50 valence electrons. The van der Waals surface area contributed by atoms with Gasteiger partial charge in [-0.15, -0.1) is 0 Å². The van der Waals surface area contributed by atoms with Crippen LogP contribution in [0.2, 0.25) is 0 Å². The van der Waals surface area contributed by atoms with Crippen molar-refractivity contribution in [3.63, 3.8) is 0 Å². The van der Waals surface area contributed by atoms with Crippen LogP contribution in [-0.4, -0.2) is 18.3 Å². The van der Waals surface area contributed by atoms with Crippen molar-refractivity contribution in [2.24, 2.45) is 10.7 Å². The topological polar surface area (TPSA) is 38.4 Å². The van der Waals surface area contributed by atoms with E-state index in [1.165, 1.54) is 0 Å². The van der Waals surface area contributed by atoms with E-state index in [0.29, 0.717) is 5.03 Å². The minimum Gasteiger partial charge on any atom is -0.321 e. The molecule has 0 saturated carbocycles. The summed E-state index contributed by atoms with van der Waals surface area (Å²) in [5, 5.41) is 0.692. The molecular formula is C6H9ClN2. The Labute approximate surface area is 59.4 Å². The fourth-order valence-electron chi connectivity index (χ4n) is 0.684. The Bertz CT molecular complexity index is 162. The lowest BCUT2D eigenvalue weighted by Crippen LogP contribution is -2.33. The molecule has 0 bridgehead atoms. The van der Waals surface area contributed by atoms with E-state index in [2.05, 4.69) is 4.99 Å². The first-order valence-electron chi connectivity index (χ1n) is 2.86. The van der Waals surface area contributed by atoms with Gasteiger partial charge in [0.1, 0.15) is 0 Å². The Morgan fingerprint density at radius 3 is 2.89 bits per heavy atom. The summed E-state index contributed by atoms with van der Waals surface area (Å²) >= 11 is 5.71. The van der Waals surface area contributed by atoms with Gasteiger partial charge in [0.25, 0.3) is 0 Å². The molecule has 0 radical (unpaired) electrons. The van der Waals surface area contributed by atoms with Gasteiger partial charge < -0.3 is 5.73 Å². The minimum absolute atomic E-state index is 0.100. The third kappa shape index (κ3) is 1.32. The van der Waals surface area contributed by atoms with Crippen LogP contribution in [0.5, 0.6) is 0 Å². The smallest absolute Gasteiger partial charge is 0.0672 e. The third-order valence-electron chi connectivity index (χ3n) is 1.39. The summed E-state index contributed by atoms with van der Waals surface area (Å²) in [5.41, 5.74) is 5.61. The molecule has 9 heavy (non-hydrogen) atoms. The average molecular weight is 145 g/mol. The summed E-state index contributed by atoms with van der Waals surface area (Å²) in [6, 6.07) is 0.0270. The lowest BCUT2D eigenvalue weighted by atomic mass is 10.1. The molecule has 2 nitrogen and oxygen atoms in total. The van der Waals surface area contributed by atoms with Crippen LogP contribution < -0.4 is 5.73 Å². The van der Waals surface area contributed by atoms with Gasteiger partial charge in [-0.25, -0.2) is 0 Å². The van der Waals surface area contributed by atoms with Gasteiger partial charge in [0.2, 0.25) is 0 Å². The van der Waals surface area contributed by atoms with Crippen molar-refractivity contribution in [1.82, 2.24) is 0 Å². The molecule has 1 heterocycles. The standard InChI is InChI=1S/C6H9ClN2/c1-4-6(8)5(7)2-3-9-4/h2-4,6H,8H2,1H3. The second kappa shape index (κ2) is 2.50. The van der Waals surface area contributed by atoms with Crippen LogP contribution in [0.3, 0.4) is 0 Å². The van der Waals surface area contributed by atoms with Gasteiger partial charge in [-0.2, -0.15) is 0 Å². The van der Waals surface area contributed by atoms with Crippen molar-refractivity contribution < 1.29 is 0 Å². The fourth-order valence-corrected chi connectivity index (χ4v) is 0.923. The molecule has 0 amide bonds. The summed E-state index contributed by atoms with van der Waals surface area (Å²) in [6.07, 6.45) is 3.42. The molecule has 1 aliphatic heterocycles. The molecule has 2 unspecified atom stereocenters. The highest BCUT2D eigenvalue weighted by Crippen LogP contribution is 2.13. The molecule has 2 N–H and O–H groups in total. The number of hydrogen-bond acceptors (Lipinski definition) is 2. The zero-order valence-electron chi connectivity index (χ0n) is 5.21. The highest BCUT2D eigenvalue weighted by Gasteiger charge is 2.15. The molecule has 0 aromatic rings. The Balaban J connectivity index is 2.73. The maximum Gasteiger partial charge on any atom is 0.0672 e. The summed E-state index contributed by atoms with van der Waals surface area (Å²) in [6.45, 7) is 1.94. The predicted octanol–water partition coefficient (Wildman–Crippen LogP) is 0.909. The van der Waals surface area contributed by atoms with Crippen molar-refractivity contribution in [2.75, 3.05) is 0 Å². The molecular weight excluding hydrogens is 136 g/mol. The maximum absolute atomic E-state index is 5.71. The molecule has 0 aromatic heterocycles. The first-order valence-corrected chi connectivity index (χ1v) is 3.24. The molecule has 0 aliphatic carbocycles. The molecule has 3 heteroatoms. The highest BCUT2D eigenvalue weighted by molar-refractivity contribution is 6.31. The van der Waals surface area contributed by atoms with Crippen molar-refractivity contribution in [3.8, 4) is 0 Å². The number of nitrogens with two attached hydrogens (primary N) is 1. The lowest BCUT2D eigenvalue weighted by molar-refractivity contribution is 0.642. The molecule has 0 fully saturated rings. The van der Waals surface area contributed by atoms with E-state index in [9.17, 15) is 0 Å². The Hall–Kier alpha value is -0.340. The normalized spacial score (nSPS) is 34.3. The van der Waals surface area contributed by atoms with E-state index < -0.39 is 0 Å². The monoisotopic (exact) mass is 144 g/mol. The molecule has 0 aromatic carbocycles. The fraction of sp³-hybridized carbons (Fsp3) is 0.500. The van der Waals surface area contributed by atoms with Gasteiger partial charge in [-0.1, -0.05) is 11.6 Å². The van der Waals surface area contributed by atoms with Crippen LogP contribution in [0.25, 0.3) is 0 Å². The lowest BCUT2D eigenvalue weighted by Gasteiger charge is -2.17. The largest absolute Gasteiger partial charge is 0.321 e. The van der Waals surface area contributed by atoms with E-state index in [0.717, 1.165) is 0 Å². The number of nitrogens with zero attached hydrogens (tertiary/aromatic N) is 1. The average Bonchev–Trinajstić information content (AvgIpc) is 1.83. The van der Waals surface area contributed by atoms with Crippen molar-refractivity contribution >= 4 is 17.8 Å². The molecule has 0 saturated heterocycles. The molecule has 1 aliphatic rings. The molecule has 0 spiro atoms. The van der Waals surface area contributed by atoms with Crippen LogP contribution in [0.1, 0.15) is 6.92 Å². The van der Waals surface area contributed by atoms with Crippen molar-refractivity contribution in [3.05, 3.63) is 11.1 Å². The third-order valence-corrected chi connectivity index (χ3v) is 1.77. The summed E-state index contributed by atoms with van der Waals surface area (Å²) < 4.78 is 0. The Morgan fingerprint density at radius 2 is 2.44 bits per heavy atom. The zero-order valence-corrected chi connectivity index (χ0v) is 5.97. The van der Waals surface area contributed by atoms with Gasteiger partial charge in [0.15, 0.2) is 0 Å². The van der Waals surface area contributed by atoms with E-state index >= 15 is 0 Å². The summed E-state index contributed by atoms with van der Waals surface area (Å²) in [7, 11) is 0. The second-order valence-corrected chi connectivity index (χ2v) is 2.55. The van der Waals surface area contributed by atoms with Crippen LogP contribution in [0.4, 0.5) is 0 Å². The van der Waals surface area contributed by atoms with E-state index in [4.69, 9.17) is 17.3 Å². The molecule has 1 rings (SSSR count). The number of dihydropyridines is 1. The number of rotatable bonds is 0. The Kier molecular flexibility index (Phi) is 1.88. The van der Waals surface area contributed by atoms with Crippen LogP contribution in [0.15, 0.2) is 16.1 Å². The summed E-state index contributed by atoms with van der Waals surface area (Å²) in [4.78, 5) is 4.05. The molecule has 2 atom stereocenters. The first-order chi connectivity index (χ1) is 4.22. The van der Waals surface area contributed by atoms with Gasteiger partial charge >= 0.3 is 0 Å². The van der Waals surface area contributed by atoms with Crippen molar-refractivity contribution in [2.45, 2.75) is 19.0 Å². The minimum atomic E-state index is -0.100. The van der Waals surface area contributed by atoms with Crippen LogP contribution in [0, 0.1) is 0 Å². The second-order valence-electron chi connectivity index (χ2n) is 2.12. The number of allylic oxidation sites excluding steroid dienone is 1. The Morgan fingerprint density at radius 1 is 1.78 bits per heavy atom. The van der Waals surface area contributed by atoms with E-state index in [-0.39, 0.29) is 12.1 Å². The van der Waals surface area contributed by atoms with Gasteiger partial charge in [-0.3, -0.25) is 4.99 Å². The van der Waals surface area contributed by atoms with Gasteiger partial charge in [-0.05, 0) is 13.0 Å². The van der Waals surface area contributed by atoms with E-state index in [1.54, 1.807) is 12.3 Å². The SMILES string of the molecule is CC1N=CC=C(Cl)C1N. The van der Waals surface area contributed by atoms with Crippen LogP contribution >= 0.6 is 11.6 Å². The van der Waals surface area contributed by atoms with Gasteiger partial charge in [0, 0.05) is 11.2 Å². The van der Waals surface area contributed by atoms with Crippen molar-refractivity contribution in [1.29, 1.82) is 0 Å². The zero-order chi connectivity index (χ0) is 6.85.